The SMILES string of the molecule is Cc1sc2ncn(CC3(O)CCN(C(=O)Cc4ccc(Cl)cc4)CC3)c(=O)c2c1C. The molecule has 30 heavy (non-hydrogen) atoms. The summed E-state index contributed by atoms with van der Waals surface area (Å²) in [5.41, 5.74) is 0.723. The van der Waals surface area contributed by atoms with Gasteiger partial charge >= 0.3 is 0 Å². The topological polar surface area (TPSA) is 75.4 Å². The van der Waals surface area contributed by atoms with Crippen molar-refractivity contribution in [3.05, 3.63) is 62.0 Å². The standard InChI is InChI=1S/C22H24ClN3O3S/c1-14-15(2)30-20-19(14)21(28)26(13-24-20)12-22(29)7-9-25(10-8-22)18(27)11-16-3-5-17(23)6-4-16/h3-6,13,29H,7-12H2,1-2H3. The van der Waals surface area contributed by atoms with Crippen LogP contribution in [0.25, 0.3) is 10.2 Å². The van der Waals surface area contributed by atoms with E-state index >= 15 is 0 Å². The van der Waals surface area contributed by atoms with Gasteiger partial charge < -0.3 is 10.0 Å². The summed E-state index contributed by atoms with van der Waals surface area (Å²) in [5.74, 6) is 0.0315. The van der Waals surface area contributed by atoms with Gasteiger partial charge in [0.1, 0.15) is 4.83 Å². The zero-order valence-corrected chi connectivity index (χ0v) is 18.6. The summed E-state index contributed by atoms with van der Waals surface area (Å²) in [6.45, 7) is 5.02. The summed E-state index contributed by atoms with van der Waals surface area (Å²) in [5, 5.41) is 12.4. The smallest absolute Gasteiger partial charge is 0.262 e. The minimum absolute atomic E-state index is 0.0315. The predicted molar refractivity (Wildman–Crippen MR) is 119 cm³/mol. The number of fused-ring (bicyclic) bond motifs is 1. The zero-order valence-electron chi connectivity index (χ0n) is 17.0. The number of aliphatic hydroxyl groups is 1. The molecule has 1 aliphatic rings. The number of likely N-dealkylation sites (tertiary alicyclic amines) is 1. The minimum atomic E-state index is -1.03. The second-order valence-electron chi connectivity index (χ2n) is 8.05. The van der Waals surface area contributed by atoms with E-state index in [-0.39, 0.29) is 18.0 Å². The summed E-state index contributed by atoms with van der Waals surface area (Å²) >= 11 is 7.41. The normalized spacial score (nSPS) is 16.2. The van der Waals surface area contributed by atoms with Crippen LogP contribution < -0.4 is 5.56 Å². The van der Waals surface area contributed by atoms with Crippen molar-refractivity contribution in [2.75, 3.05) is 13.1 Å². The van der Waals surface area contributed by atoms with Gasteiger partial charge in [-0.25, -0.2) is 4.98 Å². The molecule has 3 heterocycles. The first kappa shape index (κ1) is 21.0. The molecular weight excluding hydrogens is 422 g/mol. The molecule has 6 nitrogen and oxygen atoms in total. The Morgan fingerprint density at radius 2 is 1.90 bits per heavy atom. The van der Waals surface area contributed by atoms with Crippen LogP contribution in [0.1, 0.15) is 28.8 Å². The summed E-state index contributed by atoms with van der Waals surface area (Å²) in [6, 6.07) is 7.26. The molecule has 1 N–H and O–H groups in total. The van der Waals surface area contributed by atoms with Crippen LogP contribution in [0.15, 0.2) is 35.4 Å². The highest BCUT2D eigenvalue weighted by Crippen LogP contribution is 2.27. The van der Waals surface area contributed by atoms with E-state index in [1.54, 1.807) is 17.0 Å². The van der Waals surface area contributed by atoms with E-state index in [2.05, 4.69) is 4.98 Å². The molecular formula is C22H24ClN3O3S. The van der Waals surface area contributed by atoms with E-state index in [1.807, 2.05) is 26.0 Å². The van der Waals surface area contributed by atoms with E-state index in [0.717, 1.165) is 20.8 Å². The Balaban J connectivity index is 1.43. The molecule has 1 aliphatic heterocycles. The third-order valence-corrected chi connectivity index (χ3v) is 7.30. The van der Waals surface area contributed by atoms with Crippen molar-refractivity contribution in [3.63, 3.8) is 0 Å². The Hall–Kier alpha value is -2.22. The first-order valence-corrected chi connectivity index (χ1v) is 11.1. The molecule has 1 fully saturated rings. The number of halogens is 1. The number of thiophene rings is 1. The van der Waals surface area contributed by atoms with Gasteiger partial charge in [0, 0.05) is 23.0 Å². The predicted octanol–water partition coefficient (Wildman–Crippen LogP) is 3.32. The van der Waals surface area contributed by atoms with E-state index in [1.165, 1.54) is 22.2 Å². The van der Waals surface area contributed by atoms with Gasteiger partial charge in [-0.2, -0.15) is 0 Å². The van der Waals surface area contributed by atoms with Crippen molar-refractivity contribution >= 4 is 39.1 Å². The lowest BCUT2D eigenvalue weighted by molar-refractivity contribution is -0.135. The number of aryl methyl sites for hydroxylation is 2. The molecule has 0 atom stereocenters. The fourth-order valence-corrected chi connectivity index (χ4v) is 5.03. The molecule has 3 aromatic rings. The number of aromatic nitrogens is 2. The third-order valence-electron chi connectivity index (χ3n) is 5.94. The molecule has 1 amide bonds. The largest absolute Gasteiger partial charge is 0.388 e. The van der Waals surface area contributed by atoms with Gasteiger partial charge in [0.2, 0.25) is 5.91 Å². The van der Waals surface area contributed by atoms with Crippen LogP contribution in [-0.2, 0) is 17.8 Å². The Labute approximate surface area is 183 Å². The van der Waals surface area contributed by atoms with E-state index < -0.39 is 5.60 Å². The van der Waals surface area contributed by atoms with Crippen LogP contribution in [0.3, 0.4) is 0 Å². The van der Waals surface area contributed by atoms with Crippen molar-refractivity contribution in [2.24, 2.45) is 0 Å². The van der Waals surface area contributed by atoms with Crippen molar-refractivity contribution in [1.82, 2.24) is 14.5 Å². The number of hydrogen-bond acceptors (Lipinski definition) is 5. The van der Waals surface area contributed by atoms with Crippen molar-refractivity contribution in [1.29, 1.82) is 0 Å². The average Bonchev–Trinajstić information content (AvgIpc) is 3.01. The maximum absolute atomic E-state index is 12.9. The van der Waals surface area contributed by atoms with E-state index in [4.69, 9.17) is 11.6 Å². The van der Waals surface area contributed by atoms with Gasteiger partial charge in [-0.15, -0.1) is 11.3 Å². The highest BCUT2D eigenvalue weighted by molar-refractivity contribution is 7.18. The first-order valence-electron chi connectivity index (χ1n) is 9.95. The molecule has 158 valence electrons. The highest BCUT2D eigenvalue weighted by atomic mass is 35.5. The number of carbonyl (C=O) groups excluding carboxylic acids is 1. The molecule has 0 unspecified atom stereocenters. The molecule has 0 saturated carbocycles. The second kappa shape index (κ2) is 8.13. The number of nitrogens with zero attached hydrogens (tertiary/aromatic N) is 3. The number of benzene rings is 1. The van der Waals surface area contributed by atoms with Crippen molar-refractivity contribution in [3.8, 4) is 0 Å². The lowest BCUT2D eigenvalue weighted by Gasteiger charge is -2.38. The number of hydrogen-bond donors (Lipinski definition) is 1. The number of amides is 1. The van der Waals surface area contributed by atoms with Crippen LogP contribution >= 0.6 is 22.9 Å². The molecule has 0 aliphatic carbocycles. The first-order chi connectivity index (χ1) is 14.3. The van der Waals surface area contributed by atoms with Gasteiger partial charge in [0.05, 0.1) is 30.3 Å². The Bertz CT molecular complexity index is 1140. The highest BCUT2D eigenvalue weighted by Gasteiger charge is 2.34. The Kier molecular flexibility index (Phi) is 5.70. The van der Waals surface area contributed by atoms with Crippen LogP contribution in [0.2, 0.25) is 5.02 Å². The lowest BCUT2D eigenvalue weighted by Crippen LogP contribution is -2.50. The number of carbonyl (C=O) groups is 1. The van der Waals surface area contributed by atoms with Gasteiger partial charge in [-0.3, -0.25) is 14.2 Å². The Morgan fingerprint density at radius 1 is 1.23 bits per heavy atom. The summed E-state index contributed by atoms with van der Waals surface area (Å²) in [7, 11) is 0. The van der Waals surface area contributed by atoms with Crippen LogP contribution in [0, 0.1) is 13.8 Å². The van der Waals surface area contributed by atoms with Crippen LogP contribution in [-0.4, -0.2) is 44.2 Å². The average molecular weight is 446 g/mol. The molecule has 0 bridgehead atoms. The molecule has 4 rings (SSSR count). The minimum Gasteiger partial charge on any atom is -0.388 e. The van der Waals surface area contributed by atoms with Crippen molar-refractivity contribution < 1.29 is 9.90 Å². The van der Waals surface area contributed by atoms with Gasteiger partial charge in [0.25, 0.3) is 5.56 Å². The molecule has 8 heteroatoms. The Morgan fingerprint density at radius 3 is 2.57 bits per heavy atom. The molecule has 1 aromatic carbocycles. The molecule has 1 saturated heterocycles. The summed E-state index contributed by atoms with van der Waals surface area (Å²) in [4.78, 5) is 33.5. The number of rotatable bonds is 4. The van der Waals surface area contributed by atoms with Crippen LogP contribution in [0.5, 0.6) is 0 Å². The van der Waals surface area contributed by atoms with Gasteiger partial charge in [0.15, 0.2) is 0 Å². The third kappa shape index (κ3) is 4.15. The van der Waals surface area contributed by atoms with E-state index in [0.29, 0.717) is 42.8 Å². The van der Waals surface area contributed by atoms with Crippen molar-refractivity contribution in [2.45, 2.75) is 45.3 Å². The van der Waals surface area contributed by atoms with Gasteiger partial charge in [-0.1, -0.05) is 23.7 Å². The number of piperidine rings is 1. The summed E-state index contributed by atoms with van der Waals surface area (Å²) < 4.78 is 1.51. The monoisotopic (exact) mass is 445 g/mol. The lowest BCUT2D eigenvalue weighted by atomic mass is 9.91. The van der Waals surface area contributed by atoms with Crippen LogP contribution in [0.4, 0.5) is 0 Å². The maximum atomic E-state index is 12.9. The van der Waals surface area contributed by atoms with E-state index in [9.17, 15) is 14.7 Å². The second-order valence-corrected chi connectivity index (χ2v) is 9.69. The molecule has 0 spiro atoms. The quantitative estimate of drug-likeness (QED) is 0.668. The fraction of sp³-hybridized carbons (Fsp3) is 0.409. The summed E-state index contributed by atoms with van der Waals surface area (Å²) in [6.07, 6.45) is 2.68. The zero-order chi connectivity index (χ0) is 21.5. The molecule has 2 aromatic heterocycles. The maximum Gasteiger partial charge on any atom is 0.262 e. The fourth-order valence-electron chi connectivity index (χ4n) is 3.92. The van der Waals surface area contributed by atoms with Gasteiger partial charge in [-0.05, 0) is 49.9 Å². The molecule has 0 radical (unpaired) electrons.